The maximum Gasteiger partial charge on any atom is -0.00139 e. The highest BCUT2D eigenvalue weighted by Crippen LogP contribution is 2.48. The van der Waals surface area contributed by atoms with Gasteiger partial charge in [-0.05, 0) is 167 Å². The van der Waals surface area contributed by atoms with E-state index in [0.29, 0.717) is 0 Å². The van der Waals surface area contributed by atoms with Crippen LogP contribution in [0, 0.1) is 0 Å². The lowest BCUT2D eigenvalue weighted by Gasteiger charge is -2.20. The summed E-state index contributed by atoms with van der Waals surface area (Å²) in [6.07, 6.45) is 0. The molecule has 0 saturated carbocycles. The minimum Gasteiger partial charge on any atom is -0.0616 e. The lowest BCUT2D eigenvalue weighted by atomic mass is 9.83. The lowest BCUT2D eigenvalue weighted by Crippen LogP contribution is -1.93. The Kier molecular flexibility index (Phi) is 7.71. The van der Waals surface area contributed by atoms with Crippen molar-refractivity contribution in [2.45, 2.75) is 0 Å². The summed E-state index contributed by atoms with van der Waals surface area (Å²) < 4.78 is 0. The fourth-order valence-electron chi connectivity index (χ4n) is 10.3. The predicted molar refractivity (Wildman–Crippen MR) is 268 cm³/mol. The first-order valence-electron chi connectivity index (χ1n) is 21.6. The van der Waals surface area contributed by atoms with Gasteiger partial charge in [-0.2, -0.15) is 0 Å². The first-order chi connectivity index (χ1) is 30.7. The van der Waals surface area contributed by atoms with Gasteiger partial charge in [0.05, 0.1) is 0 Å². The maximum absolute atomic E-state index is 2.41. The molecule has 0 bridgehead atoms. The molecule has 0 radical (unpaired) electrons. The molecule has 0 amide bonds. The van der Waals surface area contributed by atoms with Crippen molar-refractivity contribution in [2.24, 2.45) is 0 Å². The van der Waals surface area contributed by atoms with Gasteiger partial charge in [-0.15, -0.1) is 0 Å². The molecule has 13 rings (SSSR count). The summed E-state index contributed by atoms with van der Waals surface area (Å²) in [6, 6.07) is 85.9. The number of rotatable bonds is 4. The molecule has 0 aliphatic rings. The van der Waals surface area contributed by atoms with Crippen LogP contribution in [0.25, 0.3) is 131 Å². The minimum atomic E-state index is 1.23. The fraction of sp³-hybridized carbons (Fsp3) is 0. The van der Waals surface area contributed by atoms with E-state index in [1.807, 2.05) is 0 Å². The normalized spacial score (nSPS) is 11.9. The summed E-state index contributed by atoms with van der Waals surface area (Å²) in [4.78, 5) is 0. The average molecular weight is 783 g/mol. The zero-order chi connectivity index (χ0) is 40.7. The van der Waals surface area contributed by atoms with Gasteiger partial charge >= 0.3 is 0 Å². The van der Waals surface area contributed by atoms with E-state index in [1.54, 1.807) is 0 Å². The van der Waals surface area contributed by atoms with Crippen LogP contribution in [0.1, 0.15) is 0 Å². The van der Waals surface area contributed by atoms with Crippen LogP contribution < -0.4 is 0 Å². The van der Waals surface area contributed by atoms with E-state index in [2.05, 4.69) is 231 Å². The van der Waals surface area contributed by atoms with Crippen molar-refractivity contribution < 1.29 is 0 Å². The van der Waals surface area contributed by atoms with Gasteiger partial charge in [0.1, 0.15) is 0 Å². The summed E-state index contributed by atoms with van der Waals surface area (Å²) in [5.41, 5.74) is 9.94. The largest absolute Gasteiger partial charge is 0.0616 e. The van der Waals surface area contributed by atoms with Crippen molar-refractivity contribution >= 4 is 86.2 Å². The van der Waals surface area contributed by atoms with Gasteiger partial charge in [-0.25, -0.2) is 0 Å². The first kappa shape index (κ1) is 34.8. The van der Waals surface area contributed by atoms with Crippen LogP contribution in [0.15, 0.2) is 231 Å². The quantitative estimate of drug-likeness (QED) is 0.123. The van der Waals surface area contributed by atoms with E-state index in [9.17, 15) is 0 Å². The molecule has 0 atom stereocenters. The molecule has 0 fully saturated rings. The molecular formula is C62H38. The predicted octanol–water partition coefficient (Wildman–Crippen LogP) is 17.6. The zero-order valence-electron chi connectivity index (χ0n) is 33.9. The summed E-state index contributed by atoms with van der Waals surface area (Å²) in [6.45, 7) is 0. The summed E-state index contributed by atoms with van der Waals surface area (Å²) in [7, 11) is 0. The number of benzene rings is 13. The fourth-order valence-corrected chi connectivity index (χ4v) is 10.3. The van der Waals surface area contributed by atoms with E-state index in [0.717, 1.165) is 0 Å². The van der Waals surface area contributed by atoms with Crippen molar-refractivity contribution in [3.05, 3.63) is 231 Å². The van der Waals surface area contributed by atoms with E-state index in [-0.39, 0.29) is 0 Å². The second kappa shape index (κ2) is 13.7. The highest BCUT2D eigenvalue weighted by molar-refractivity contribution is 6.30. The Morgan fingerprint density at radius 2 is 0.484 bits per heavy atom. The third-order valence-electron chi connectivity index (χ3n) is 13.3. The molecule has 0 heterocycles. The van der Waals surface area contributed by atoms with Gasteiger partial charge in [0, 0.05) is 0 Å². The molecule has 0 saturated heterocycles. The van der Waals surface area contributed by atoms with Crippen LogP contribution in [0.2, 0.25) is 0 Å². The van der Waals surface area contributed by atoms with Crippen LogP contribution in [0.4, 0.5) is 0 Å². The van der Waals surface area contributed by atoms with Crippen molar-refractivity contribution in [1.29, 1.82) is 0 Å². The maximum atomic E-state index is 2.41. The molecular weight excluding hydrogens is 745 g/mol. The van der Waals surface area contributed by atoms with Crippen LogP contribution in [-0.2, 0) is 0 Å². The Balaban J connectivity index is 1.02. The van der Waals surface area contributed by atoms with Crippen LogP contribution >= 0.6 is 0 Å². The van der Waals surface area contributed by atoms with Crippen LogP contribution in [0.3, 0.4) is 0 Å². The number of hydrogen-bond donors (Lipinski definition) is 0. The molecule has 0 N–H and O–H groups in total. The third kappa shape index (κ3) is 5.54. The zero-order valence-corrected chi connectivity index (χ0v) is 33.9. The molecule has 62 heavy (non-hydrogen) atoms. The molecule has 0 aliphatic carbocycles. The summed E-state index contributed by atoms with van der Waals surface area (Å²) in [5.74, 6) is 0. The van der Waals surface area contributed by atoms with Crippen molar-refractivity contribution in [1.82, 2.24) is 0 Å². The lowest BCUT2D eigenvalue weighted by molar-refractivity contribution is 1.66. The Labute approximate surface area is 359 Å². The second-order valence-electron chi connectivity index (χ2n) is 16.8. The van der Waals surface area contributed by atoms with Gasteiger partial charge in [-0.3, -0.25) is 0 Å². The molecule has 0 spiro atoms. The Morgan fingerprint density at radius 3 is 1.02 bits per heavy atom. The molecule has 0 aliphatic heterocycles. The van der Waals surface area contributed by atoms with Gasteiger partial charge < -0.3 is 0 Å². The minimum absolute atomic E-state index is 1.23. The van der Waals surface area contributed by atoms with E-state index < -0.39 is 0 Å². The Bertz CT molecular complexity index is 3980. The second-order valence-corrected chi connectivity index (χ2v) is 16.8. The third-order valence-corrected chi connectivity index (χ3v) is 13.3. The molecule has 13 aromatic rings. The highest BCUT2D eigenvalue weighted by atomic mass is 14.2. The van der Waals surface area contributed by atoms with E-state index in [4.69, 9.17) is 0 Å². The van der Waals surface area contributed by atoms with Crippen molar-refractivity contribution in [2.75, 3.05) is 0 Å². The van der Waals surface area contributed by atoms with Crippen molar-refractivity contribution in [3.8, 4) is 44.5 Å². The molecule has 0 aromatic heterocycles. The van der Waals surface area contributed by atoms with Gasteiger partial charge in [-0.1, -0.05) is 194 Å². The van der Waals surface area contributed by atoms with E-state index >= 15 is 0 Å². The standard InChI is InChI=1S/C62H38/c1-3-12-42-33-44(19-17-39(42)9-1)46-21-23-50-37-52(27-25-48(50)35-46)60-56-15-7-8-16-57(56)61(62-58-30-29-41-11-5-6-14-54(41)55(58)31-32-59(60)62)53-28-26-49-36-47(22-24-51(49)38-53)45-20-18-40-10-2-4-13-43(40)34-45/h1-38H. The SMILES string of the molecule is c1ccc2cc(-c3ccc4cc(-c5c6ccccc6c(-c6ccc7cc(-c8ccc9ccccc9c8)ccc7c6)c6c5ccc5c7ccccc7ccc56)ccc4c3)ccc2c1. The highest BCUT2D eigenvalue weighted by Gasteiger charge is 2.20. The molecule has 0 unspecified atom stereocenters. The Hall–Kier alpha value is -8.06. The summed E-state index contributed by atoms with van der Waals surface area (Å²) >= 11 is 0. The van der Waals surface area contributed by atoms with Gasteiger partial charge in [0.2, 0.25) is 0 Å². The van der Waals surface area contributed by atoms with Crippen LogP contribution in [-0.4, -0.2) is 0 Å². The van der Waals surface area contributed by atoms with Gasteiger partial charge in [0.25, 0.3) is 0 Å². The smallest absolute Gasteiger partial charge is 0.00139 e. The number of fused-ring (bicyclic) bond motifs is 10. The summed E-state index contributed by atoms with van der Waals surface area (Å²) in [5, 5.41) is 20.2. The number of hydrogen-bond acceptors (Lipinski definition) is 0. The molecule has 13 aromatic carbocycles. The van der Waals surface area contributed by atoms with Crippen LogP contribution in [0.5, 0.6) is 0 Å². The van der Waals surface area contributed by atoms with Crippen molar-refractivity contribution in [3.63, 3.8) is 0 Å². The monoisotopic (exact) mass is 782 g/mol. The topological polar surface area (TPSA) is 0 Å². The average Bonchev–Trinajstić information content (AvgIpc) is 3.34. The molecule has 0 heteroatoms. The molecule has 286 valence electrons. The molecule has 0 nitrogen and oxygen atoms in total. The van der Waals surface area contributed by atoms with E-state index in [1.165, 1.54) is 131 Å². The van der Waals surface area contributed by atoms with Gasteiger partial charge in [0.15, 0.2) is 0 Å². The first-order valence-corrected chi connectivity index (χ1v) is 21.6. The Morgan fingerprint density at radius 1 is 0.161 bits per heavy atom.